The maximum Gasteiger partial charge on any atom is 0.197 e. The van der Waals surface area contributed by atoms with Gasteiger partial charge in [-0.15, -0.1) is 0 Å². The molecule has 0 atom stereocenters. The Hall–Kier alpha value is -2.96. The molecule has 0 aliphatic carbocycles. The first-order chi connectivity index (χ1) is 13.8. The molecule has 0 fully saturated rings. The molecule has 4 aromatic rings. The van der Waals surface area contributed by atoms with Crippen LogP contribution in [0.15, 0.2) is 82.1 Å². The van der Waals surface area contributed by atoms with Gasteiger partial charge in [0, 0.05) is 22.0 Å². The fraction of sp³-hybridized carbons (Fsp3) is 0.0455. The molecule has 1 heterocycles. The van der Waals surface area contributed by atoms with Crippen LogP contribution >= 0.6 is 11.6 Å². The number of hydrogen-bond acceptors (Lipinski definition) is 4. The zero-order valence-electron chi connectivity index (χ0n) is 14.9. The molecule has 7 heteroatoms. The van der Waals surface area contributed by atoms with E-state index in [0.29, 0.717) is 21.6 Å². The molecule has 4 rings (SSSR count). The first-order valence-corrected chi connectivity index (χ1v) is 10.7. The van der Waals surface area contributed by atoms with Crippen molar-refractivity contribution < 1.29 is 22.0 Å². The summed E-state index contributed by atoms with van der Waals surface area (Å²) in [6, 6.07) is 17.8. The van der Waals surface area contributed by atoms with Crippen molar-refractivity contribution in [3.8, 4) is 0 Å². The van der Waals surface area contributed by atoms with Crippen LogP contribution in [0.4, 0.5) is 4.39 Å². The van der Waals surface area contributed by atoms with E-state index in [9.17, 15) is 17.6 Å². The van der Waals surface area contributed by atoms with Crippen LogP contribution < -0.4 is 0 Å². The summed E-state index contributed by atoms with van der Waals surface area (Å²) in [5.74, 6) is -1.42. The molecular weight excluding hydrogens is 415 g/mol. The second-order valence-electron chi connectivity index (χ2n) is 6.45. The van der Waals surface area contributed by atoms with Crippen molar-refractivity contribution in [3.63, 3.8) is 0 Å². The summed E-state index contributed by atoms with van der Waals surface area (Å²) in [6.45, 7) is 0. The molecular formula is C22H14ClFO4S. The van der Waals surface area contributed by atoms with E-state index < -0.39 is 21.4 Å². The summed E-state index contributed by atoms with van der Waals surface area (Å²) in [4.78, 5) is 13.1. The lowest BCUT2D eigenvalue weighted by molar-refractivity contribution is 0.103. The summed E-state index contributed by atoms with van der Waals surface area (Å²) in [5, 5.41) is 0.880. The Labute approximate surface area is 171 Å². The lowest BCUT2D eigenvalue weighted by atomic mass is 10.0. The Morgan fingerprint density at radius 1 is 0.966 bits per heavy atom. The maximum atomic E-state index is 13.2. The molecule has 3 aromatic carbocycles. The molecule has 0 amide bonds. The molecule has 0 aliphatic rings. The van der Waals surface area contributed by atoms with Gasteiger partial charge in [-0.2, -0.15) is 0 Å². The smallest absolute Gasteiger partial charge is 0.197 e. The van der Waals surface area contributed by atoms with Crippen molar-refractivity contribution in [2.45, 2.75) is 10.6 Å². The van der Waals surface area contributed by atoms with E-state index >= 15 is 0 Å². The molecule has 29 heavy (non-hydrogen) atoms. The minimum Gasteiger partial charge on any atom is -0.459 e. The molecule has 0 unspecified atom stereocenters. The first-order valence-electron chi connectivity index (χ1n) is 8.64. The third kappa shape index (κ3) is 3.81. The molecule has 0 N–H and O–H groups in total. The number of ketones is 1. The van der Waals surface area contributed by atoms with Gasteiger partial charge in [-0.25, -0.2) is 12.8 Å². The predicted octanol–water partition coefficient (Wildman–Crippen LogP) is 5.43. The quantitative estimate of drug-likeness (QED) is 0.314. The molecule has 0 radical (unpaired) electrons. The van der Waals surface area contributed by atoms with E-state index in [0.717, 1.165) is 12.1 Å². The van der Waals surface area contributed by atoms with Gasteiger partial charge in [0.1, 0.15) is 22.9 Å². The second kappa shape index (κ2) is 7.46. The highest BCUT2D eigenvalue weighted by atomic mass is 35.5. The number of benzene rings is 3. The van der Waals surface area contributed by atoms with Gasteiger partial charge < -0.3 is 4.42 Å². The van der Waals surface area contributed by atoms with Crippen molar-refractivity contribution >= 4 is 38.2 Å². The highest BCUT2D eigenvalue weighted by Crippen LogP contribution is 2.32. The van der Waals surface area contributed by atoms with E-state index in [1.165, 1.54) is 18.2 Å². The molecule has 0 saturated heterocycles. The number of sulfone groups is 1. The zero-order valence-corrected chi connectivity index (χ0v) is 16.5. The van der Waals surface area contributed by atoms with Crippen molar-refractivity contribution in [1.82, 2.24) is 0 Å². The van der Waals surface area contributed by atoms with Crippen LogP contribution in [0.2, 0.25) is 5.02 Å². The summed E-state index contributed by atoms with van der Waals surface area (Å²) in [7, 11) is -3.87. The lowest BCUT2D eigenvalue weighted by Crippen LogP contribution is -2.09. The Morgan fingerprint density at radius 2 is 1.66 bits per heavy atom. The summed E-state index contributed by atoms with van der Waals surface area (Å²) < 4.78 is 44.6. The minimum absolute atomic E-state index is 0.0143. The fourth-order valence-electron chi connectivity index (χ4n) is 3.10. The number of hydrogen-bond donors (Lipinski definition) is 0. The molecule has 0 spiro atoms. The van der Waals surface area contributed by atoms with E-state index in [4.69, 9.17) is 16.0 Å². The SMILES string of the molecule is O=C(c1ccccc1)c1c(CS(=O)(=O)c2ccc(F)cc2)oc2cc(Cl)ccc12. The Bertz CT molecular complexity index is 1310. The van der Waals surface area contributed by atoms with E-state index in [1.807, 2.05) is 0 Å². The topological polar surface area (TPSA) is 64.3 Å². The Morgan fingerprint density at radius 3 is 2.34 bits per heavy atom. The number of halogens is 2. The average Bonchev–Trinajstić information content (AvgIpc) is 3.04. The van der Waals surface area contributed by atoms with Gasteiger partial charge in [0.15, 0.2) is 15.6 Å². The van der Waals surface area contributed by atoms with Crippen molar-refractivity contribution in [1.29, 1.82) is 0 Å². The van der Waals surface area contributed by atoms with Gasteiger partial charge >= 0.3 is 0 Å². The monoisotopic (exact) mass is 428 g/mol. The van der Waals surface area contributed by atoms with Gasteiger partial charge in [-0.1, -0.05) is 41.9 Å². The largest absolute Gasteiger partial charge is 0.459 e. The summed E-state index contributed by atoms with van der Waals surface area (Å²) in [6.07, 6.45) is 0. The van der Waals surface area contributed by atoms with Crippen molar-refractivity contribution in [2.24, 2.45) is 0 Å². The Kier molecular flexibility index (Phi) is 4.98. The Balaban J connectivity index is 1.85. The van der Waals surface area contributed by atoms with Gasteiger partial charge in [0.05, 0.1) is 10.5 Å². The summed E-state index contributed by atoms with van der Waals surface area (Å²) in [5.41, 5.74) is 0.903. The molecule has 4 nitrogen and oxygen atoms in total. The van der Waals surface area contributed by atoms with E-state index in [1.54, 1.807) is 42.5 Å². The average molecular weight is 429 g/mol. The van der Waals surface area contributed by atoms with Crippen LogP contribution in [0, 0.1) is 5.82 Å². The number of rotatable bonds is 5. The molecule has 0 saturated carbocycles. The van der Waals surface area contributed by atoms with Gasteiger partial charge in [0.2, 0.25) is 0 Å². The lowest BCUT2D eigenvalue weighted by Gasteiger charge is -2.05. The third-order valence-electron chi connectivity index (χ3n) is 4.48. The van der Waals surface area contributed by atoms with Crippen LogP contribution in [0.5, 0.6) is 0 Å². The normalized spacial score (nSPS) is 11.7. The maximum absolute atomic E-state index is 13.2. The van der Waals surface area contributed by atoms with Gasteiger partial charge in [-0.05, 0) is 36.4 Å². The minimum atomic E-state index is -3.87. The second-order valence-corrected chi connectivity index (χ2v) is 8.87. The van der Waals surface area contributed by atoms with Crippen LogP contribution in [-0.4, -0.2) is 14.2 Å². The fourth-order valence-corrected chi connectivity index (χ4v) is 4.53. The van der Waals surface area contributed by atoms with Crippen molar-refractivity contribution in [2.75, 3.05) is 0 Å². The third-order valence-corrected chi connectivity index (χ3v) is 6.35. The van der Waals surface area contributed by atoms with Crippen LogP contribution in [0.1, 0.15) is 21.7 Å². The standard InChI is InChI=1S/C22H14ClFO4S/c23-15-6-11-18-19(12-15)28-20(21(18)22(25)14-4-2-1-3-5-14)13-29(26,27)17-9-7-16(24)8-10-17/h1-12H,13H2. The number of fused-ring (bicyclic) bond motifs is 1. The highest BCUT2D eigenvalue weighted by molar-refractivity contribution is 7.90. The van der Waals surface area contributed by atoms with E-state index in [-0.39, 0.29) is 22.0 Å². The molecule has 1 aromatic heterocycles. The molecule has 146 valence electrons. The predicted molar refractivity (Wildman–Crippen MR) is 108 cm³/mol. The van der Waals surface area contributed by atoms with Gasteiger partial charge in [-0.3, -0.25) is 4.79 Å². The molecule has 0 aliphatic heterocycles. The summed E-state index contributed by atoms with van der Waals surface area (Å²) >= 11 is 6.02. The van der Waals surface area contributed by atoms with Crippen LogP contribution in [0.25, 0.3) is 11.0 Å². The number of carbonyl (C=O) groups is 1. The first kappa shape index (κ1) is 19.4. The van der Waals surface area contributed by atoms with Crippen LogP contribution in [-0.2, 0) is 15.6 Å². The molecule has 0 bridgehead atoms. The number of carbonyl (C=O) groups excluding carboxylic acids is 1. The zero-order chi connectivity index (χ0) is 20.6. The van der Waals surface area contributed by atoms with Crippen molar-refractivity contribution in [3.05, 3.63) is 101 Å². The highest BCUT2D eigenvalue weighted by Gasteiger charge is 2.27. The van der Waals surface area contributed by atoms with E-state index in [2.05, 4.69) is 0 Å². The number of furan rings is 1. The van der Waals surface area contributed by atoms with Crippen LogP contribution in [0.3, 0.4) is 0 Å². The van der Waals surface area contributed by atoms with Gasteiger partial charge in [0.25, 0.3) is 0 Å².